The molecule has 1 radical (unpaired) electrons. The minimum atomic E-state index is -0.162. The van der Waals surface area contributed by atoms with E-state index in [1.165, 1.54) is 0 Å². The van der Waals surface area contributed by atoms with E-state index < -0.39 is 0 Å². The quantitative estimate of drug-likeness (QED) is 0.373. The van der Waals surface area contributed by atoms with Gasteiger partial charge in [-0.1, -0.05) is 6.92 Å². The first-order chi connectivity index (χ1) is 3.66. The summed E-state index contributed by atoms with van der Waals surface area (Å²) >= 11 is 0. The van der Waals surface area contributed by atoms with Crippen molar-refractivity contribution in [3.8, 4) is 0 Å². The second-order valence-corrected chi connectivity index (χ2v) is 1.38. The van der Waals surface area contributed by atoms with Crippen molar-refractivity contribution < 1.29 is 4.79 Å². The van der Waals surface area contributed by atoms with Gasteiger partial charge in [-0.2, -0.15) is 0 Å². The molecule has 1 amide bonds. The van der Waals surface area contributed by atoms with Gasteiger partial charge in [0.2, 0.25) is 5.91 Å². The maximum absolute atomic E-state index is 10.3. The molecule has 0 saturated carbocycles. The molecule has 0 aliphatic rings. The monoisotopic (exact) mass is 113 g/mol. The van der Waals surface area contributed by atoms with Crippen LogP contribution < -0.4 is 5.32 Å². The number of hydrogen-bond acceptors (Lipinski definition) is 2. The van der Waals surface area contributed by atoms with Gasteiger partial charge in [0.25, 0.3) is 0 Å². The summed E-state index contributed by atoms with van der Waals surface area (Å²) in [6.45, 7) is 4.90. The fraction of sp³-hybridized carbons (Fsp3) is 0.400. The lowest BCUT2D eigenvalue weighted by Crippen LogP contribution is -2.26. The van der Waals surface area contributed by atoms with Crippen molar-refractivity contribution in [2.24, 2.45) is 0 Å². The highest BCUT2D eigenvalue weighted by Gasteiger charge is 1.93. The minimum absolute atomic E-state index is 0.0446. The maximum Gasteiger partial charge on any atom is 0.224 e. The lowest BCUT2D eigenvalue weighted by molar-refractivity contribution is -0.119. The van der Waals surface area contributed by atoms with Crippen LogP contribution in [0.3, 0.4) is 0 Å². The second-order valence-electron chi connectivity index (χ2n) is 1.38. The summed E-state index contributed by atoms with van der Waals surface area (Å²) in [7, 11) is 0. The topological polar surface area (TPSA) is 53.0 Å². The van der Waals surface area contributed by atoms with Crippen LogP contribution in [0.4, 0.5) is 0 Å². The number of amides is 1. The molecule has 2 N–H and O–H groups in total. The van der Waals surface area contributed by atoms with Crippen molar-refractivity contribution in [1.29, 1.82) is 5.41 Å². The smallest absolute Gasteiger partial charge is 0.224 e. The average Bonchev–Trinajstić information content (AvgIpc) is 1.65. The summed E-state index contributed by atoms with van der Waals surface area (Å²) in [5, 5.41) is 8.91. The van der Waals surface area contributed by atoms with Gasteiger partial charge in [0, 0.05) is 13.3 Å². The third kappa shape index (κ3) is 3.33. The molecule has 0 aromatic heterocycles. The van der Waals surface area contributed by atoms with Gasteiger partial charge in [0.15, 0.2) is 0 Å². The normalized spacial score (nSPS) is 8.25. The SMILES string of the molecule is [CH2]C(=N)NC(=O)CC. The predicted molar refractivity (Wildman–Crippen MR) is 31.5 cm³/mol. The molecule has 0 spiro atoms. The Balaban J connectivity index is 3.40. The molecule has 0 heterocycles. The zero-order valence-corrected chi connectivity index (χ0v) is 4.82. The van der Waals surface area contributed by atoms with Gasteiger partial charge < -0.3 is 5.32 Å². The predicted octanol–water partition coefficient (Wildman–Crippen LogP) is 0.324. The number of nitrogens with one attached hydrogen (secondary N) is 2. The Bertz CT molecular complexity index is 109. The van der Waals surface area contributed by atoms with Crippen molar-refractivity contribution >= 4 is 11.7 Å². The van der Waals surface area contributed by atoms with Gasteiger partial charge in [0.1, 0.15) is 5.84 Å². The summed E-state index contributed by atoms with van der Waals surface area (Å²) in [4.78, 5) is 10.3. The highest BCUT2D eigenvalue weighted by molar-refractivity contribution is 5.98. The molecule has 0 rings (SSSR count). The number of carbonyl (C=O) groups excluding carboxylic acids is 1. The van der Waals surface area contributed by atoms with Crippen molar-refractivity contribution in [3.05, 3.63) is 6.92 Å². The molecule has 3 heteroatoms. The first-order valence-corrected chi connectivity index (χ1v) is 2.37. The van der Waals surface area contributed by atoms with Gasteiger partial charge in [-0.25, -0.2) is 0 Å². The molecule has 0 atom stereocenters. The van der Waals surface area contributed by atoms with Crippen LogP contribution in [0.25, 0.3) is 0 Å². The molecular weight excluding hydrogens is 104 g/mol. The van der Waals surface area contributed by atoms with Crippen molar-refractivity contribution in [2.45, 2.75) is 13.3 Å². The number of hydrogen-bond donors (Lipinski definition) is 2. The van der Waals surface area contributed by atoms with Crippen LogP contribution in [0, 0.1) is 12.3 Å². The Hall–Kier alpha value is -0.860. The van der Waals surface area contributed by atoms with Crippen LogP contribution in [0.15, 0.2) is 0 Å². The van der Waals surface area contributed by atoms with Crippen LogP contribution in [0.1, 0.15) is 13.3 Å². The molecule has 0 aliphatic heterocycles. The molecule has 0 aromatic rings. The Morgan fingerprint density at radius 2 is 2.38 bits per heavy atom. The fourth-order valence-electron chi connectivity index (χ4n) is 0.257. The summed E-state index contributed by atoms with van der Waals surface area (Å²) in [6, 6.07) is 0. The minimum Gasteiger partial charge on any atom is -0.315 e. The fourth-order valence-corrected chi connectivity index (χ4v) is 0.257. The van der Waals surface area contributed by atoms with Crippen LogP contribution in [0.5, 0.6) is 0 Å². The molecule has 45 valence electrons. The molecule has 0 saturated heterocycles. The van der Waals surface area contributed by atoms with Gasteiger partial charge in [-0.05, 0) is 0 Å². The third-order valence-corrected chi connectivity index (χ3v) is 0.611. The summed E-state index contributed by atoms with van der Waals surface area (Å²) in [5.41, 5.74) is 0. The van der Waals surface area contributed by atoms with E-state index in [4.69, 9.17) is 5.41 Å². The Kier molecular flexibility index (Phi) is 2.84. The zero-order valence-electron chi connectivity index (χ0n) is 4.82. The molecule has 0 unspecified atom stereocenters. The second kappa shape index (κ2) is 3.18. The maximum atomic E-state index is 10.3. The van der Waals surface area contributed by atoms with E-state index in [0.717, 1.165) is 0 Å². The molecule has 0 fully saturated rings. The first-order valence-electron chi connectivity index (χ1n) is 2.37. The molecule has 3 nitrogen and oxygen atoms in total. The largest absolute Gasteiger partial charge is 0.315 e. The zero-order chi connectivity index (χ0) is 6.57. The molecular formula is C5H9N2O. The van der Waals surface area contributed by atoms with Crippen LogP contribution >= 0.6 is 0 Å². The molecule has 0 aliphatic carbocycles. The lowest BCUT2D eigenvalue weighted by Gasteiger charge is -1.95. The summed E-state index contributed by atoms with van der Waals surface area (Å²) in [5.74, 6) is -0.207. The molecule has 0 bridgehead atoms. The van der Waals surface area contributed by atoms with E-state index in [1.807, 2.05) is 0 Å². The van der Waals surface area contributed by atoms with E-state index in [1.54, 1.807) is 6.92 Å². The van der Waals surface area contributed by atoms with E-state index in [2.05, 4.69) is 12.2 Å². The van der Waals surface area contributed by atoms with E-state index in [-0.39, 0.29) is 11.7 Å². The van der Waals surface area contributed by atoms with Crippen molar-refractivity contribution in [3.63, 3.8) is 0 Å². The average molecular weight is 113 g/mol. The molecule has 0 aromatic carbocycles. The van der Waals surface area contributed by atoms with Crippen LogP contribution in [0.2, 0.25) is 0 Å². The standard InChI is InChI=1S/C5H9N2O/c1-3-5(8)7-4(2)6/h2-3H2,1H3,(H2,6,7,8). The summed E-state index contributed by atoms with van der Waals surface area (Å²) in [6.07, 6.45) is 0.401. The Labute approximate surface area is 48.6 Å². The number of rotatable bonds is 1. The van der Waals surface area contributed by atoms with Crippen LogP contribution in [-0.2, 0) is 4.79 Å². The van der Waals surface area contributed by atoms with Crippen molar-refractivity contribution in [1.82, 2.24) is 5.32 Å². The summed E-state index contributed by atoms with van der Waals surface area (Å²) < 4.78 is 0. The van der Waals surface area contributed by atoms with Gasteiger partial charge in [-0.3, -0.25) is 10.2 Å². The van der Waals surface area contributed by atoms with Gasteiger partial charge in [-0.15, -0.1) is 0 Å². The van der Waals surface area contributed by atoms with Crippen molar-refractivity contribution in [2.75, 3.05) is 0 Å². The van der Waals surface area contributed by atoms with E-state index in [9.17, 15) is 4.79 Å². The Morgan fingerprint density at radius 1 is 1.88 bits per heavy atom. The highest BCUT2D eigenvalue weighted by Crippen LogP contribution is 1.72. The molecule has 8 heavy (non-hydrogen) atoms. The third-order valence-electron chi connectivity index (χ3n) is 0.611. The Morgan fingerprint density at radius 3 is 2.50 bits per heavy atom. The van der Waals surface area contributed by atoms with Gasteiger partial charge in [0.05, 0.1) is 0 Å². The van der Waals surface area contributed by atoms with Gasteiger partial charge >= 0.3 is 0 Å². The number of carbonyl (C=O) groups is 1. The number of amidine groups is 1. The van der Waals surface area contributed by atoms with E-state index >= 15 is 0 Å². The first kappa shape index (κ1) is 7.14. The van der Waals surface area contributed by atoms with Crippen LogP contribution in [-0.4, -0.2) is 11.7 Å². The lowest BCUT2D eigenvalue weighted by atomic mass is 10.4. The highest BCUT2D eigenvalue weighted by atomic mass is 16.1. The van der Waals surface area contributed by atoms with E-state index in [0.29, 0.717) is 6.42 Å².